The minimum absolute atomic E-state index is 0.0771. The van der Waals surface area contributed by atoms with E-state index in [2.05, 4.69) is 4.99 Å². The summed E-state index contributed by atoms with van der Waals surface area (Å²) in [7, 11) is -1.44. The van der Waals surface area contributed by atoms with Gasteiger partial charge in [0.1, 0.15) is 0 Å². The predicted molar refractivity (Wildman–Crippen MR) is 50.7 cm³/mol. The second-order valence-corrected chi connectivity index (χ2v) is 4.08. The van der Waals surface area contributed by atoms with Crippen LogP contribution < -0.4 is 0 Å². The zero-order valence-corrected chi connectivity index (χ0v) is 7.91. The number of isocyanates is 1. The van der Waals surface area contributed by atoms with Gasteiger partial charge < -0.3 is 0 Å². The summed E-state index contributed by atoms with van der Waals surface area (Å²) in [6.45, 7) is 0. The lowest BCUT2D eigenvalue weighted by atomic mass is 10.2. The fourth-order valence-corrected chi connectivity index (χ4v) is 1.88. The van der Waals surface area contributed by atoms with Crippen LogP contribution in [0.5, 0.6) is 0 Å². The maximum atomic E-state index is 11.2. The number of nitrogens with zero attached hydrogens (tertiary/aromatic N) is 1. The van der Waals surface area contributed by atoms with Crippen molar-refractivity contribution in [1.29, 1.82) is 0 Å². The summed E-state index contributed by atoms with van der Waals surface area (Å²) >= 11 is 0. The fourth-order valence-electron chi connectivity index (χ4n) is 0.945. The van der Waals surface area contributed by atoms with Crippen molar-refractivity contribution in [2.24, 2.45) is 4.99 Å². The summed E-state index contributed by atoms with van der Waals surface area (Å²) < 4.78 is 11.2. The van der Waals surface area contributed by atoms with E-state index in [4.69, 9.17) is 0 Å². The first-order valence-corrected chi connectivity index (χ1v) is 5.45. The average molecular weight is 194 g/mol. The molecule has 0 bridgehead atoms. The molecule has 1 aromatic rings. The van der Waals surface area contributed by atoms with Crippen LogP contribution in [0.15, 0.2) is 35.3 Å². The quantitative estimate of drug-likeness (QED) is 0.419. The van der Waals surface area contributed by atoms with Crippen molar-refractivity contribution < 1.29 is 9.36 Å². The van der Waals surface area contributed by atoms with Crippen molar-refractivity contribution in [3.05, 3.63) is 35.9 Å². The van der Waals surface area contributed by atoms with Gasteiger partial charge in [-0.2, -0.15) is 4.99 Å². The SMILES string of the molecule is O=C=NC[P+](=O)Cc1ccccc1. The molecule has 0 fully saturated rings. The summed E-state index contributed by atoms with van der Waals surface area (Å²) in [6.07, 6.45) is 1.93. The standard InChI is InChI=1S/C9H9NO2P/c11-7-10-8-13(12)6-9-4-2-1-3-5-9/h1-5H,6,8H2/q+1. The van der Waals surface area contributed by atoms with E-state index in [1.54, 1.807) is 0 Å². The van der Waals surface area contributed by atoms with Crippen LogP contribution in [0.4, 0.5) is 0 Å². The second kappa shape index (κ2) is 5.36. The first-order chi connectivity index (χ1) is 6.33. The molecule has 13 heavy (non-hydrogen) atoms. The highest BCUT2D eigenvalue weighted by Crippen LogP contribution is 2.25. The molecule has 0 saturated heterocycles. The lowest BCUT2D eigenvalue weighted by Gasteiger charge is -1.88. The highest BCUT2D eigenvalue weighted by atomic mass is 31.1. The lowest BCUT2D eigenvalue weighted by molar-refractivity contribution is 0.562. The van der Waals surface area contributed by atoms with Gasteiger partial charge in [-0.3, -0.25) is 0 Å². The predicted octanol–water partition coefficient (Wildman–Crippen LogP) is 2.31. The Balaban J connectivity index is 2.50. The topological polar surface area (TPSA) is 46.5 Å². The zero-order chi connectivity index (χ0) is 9.52. The Morgan fingerprint density at radius 1 is 1.31 bits per heavy atom. The maximum Gasteiger partial charge on any atom is 0.367 e. The third-order valence-corrected chi connectivity index (χ3v) is 2.67. The van der Waals surface area contributed by atoms with Crippen LogP contribution in [0.2, 0.25) is 0 Å². The molecule has 0 spiro atoms. The van der Waals surface area contributed by atoms with Gasteiger partial charge in [-0.25, -0.2) is 4.79 Å². The van der Waals surface area contributed by atoms with Crippen LogP contribution >= 0.6 is 7.80 Å². The second-order valence-electron chi connectivity index (χ2n) is 2.52. The van der Waals surface area contributed by atoms with Gasteiger partial charge in [0.05, 0.1) is 0 Å². The van der Waals surface area contributed by atoms with Crippen LogP contribution in [-0.2, 0) is 15.5 Å². The molecule has 4 heteroatoms. The van der Waals surface area contributed by atoms with Gasteiger partial charge in [-0.1, -0.05) is 34.9 Å². The van der Waals surface area contributed by atoms with E-state index in [0.717, 1.165) is 5.56 Å². The van der Waals surface area contributed by atoms with Crippen LogP contribution in [-0.4, -0.2) is 12.4 Å². The normalized spacial score (nSPS) is 10.3. The highest BCUT2D eigenvalue weighted by Gasteiger charge is 2.14. The Morgan fingerprint density at radius 2 is 2.00 bits per heavy atom. The average Bonchev–Trinajstić information content (AvgIpc) is 2.16. The number of aliphatic imine (C=N–C) groups is 1. The third-order valence-electron chi connectivity index (χ3n) is 1.49. The lowest BCUT2D eigenvalue weighted by Crippen LogP contribution is -1.80. The van der Waals surface area contributed by atoms with Gasteiger partial charge in [0, 0.05) is 0 Å². The molecule has 0 aliphatic carbocycles. The van der Waals surface area contributed by atoms with Crippen LogP contribution in [0.3, 0.4) is 0 Å². The van der Waals surface area contributed by atoms with Gasteiger partial charge in [0.2, 0.25) is 12.4 Å². The first kappa shape index (κ1) is 9.79. The molecule has 1 rings (SSSR count). The zero-order valence-electron chi connectivity index (χ0n) is 7.01. The summed E-state index contributed by atoms with van der Waals surface area (Å²) in [4.78, 5) is 13.0. The van der Waals surface area contributed by atoms with Gasteiger partial charge in [-0.05, 0) is 5.56 Å². The molecule has 0 aliphatic rings. The van der Waals surface area contributed by atoms with Crippen molar-refractivity contribution in [2.45, 2.75) is 6.16 Å². The minimum atomic E-state index is -1.44. The number of hydrogen-bond donors (Lipinski definition) is 0. The van der Waals surface area contributed by atoms with E-state index < -0.39 is 7.80 Å². The number of carbonyl (C=O) groups excluding carboxylic acids is 1. The number of benzene rings is 1. The molecule has 0 aliphatic heterocycles. The largest absolute Gasteiger partial charge is 0.367 e. The summed E-state index contributed by atoms with van der Waals surface area (Å²) in [5.74, 6) is 0. The number of hydrogen-bond acceptors (Lipinski definition) is 3. The Morgan fingerprint density at radius 3 is 2.62 bits per heavy atom. The van der Waals surface area contributed by atoms with Crippen LogP contribution in [0.25, 0.3) is 0 Å². The van der Waals surface area contributed by atoms with Gasteiger partial charge in [0.15, 0.2) is 6.16 Å². The molecule has 0 saturated carbocycles. The van der Waals surface area contributed by atoms with E-state index in [-0.39, 0.29) is 6.29 Å². The fraction of sp³-hybridized carbons (Fsp3) is 0.222. The Kier molecular flexibility index (Phi) is 4.04. The van der Waals surface area contributed by atoms with E-state index in [9.17, 15) is 9.36 Å². The van der Waals surface area contributed by atoms with E-state index >= 15 is 0 Å². The summed E-state index contributed by atoms with van der Waals surface area (Å²) in [6, 6.07) is 9.48. The van der Waals surface area contributed by atoms with E-state index in [1.165, 1.54) is 6.08 Å². The van der Waals surface area contributed by atoms with Crippen molar-refractivity contribution in [3.8, 4) is 0 Å². The molecule has 3 nitrogen and oxygen atoms in total. The van der Waals surface area contributed by atoms with Gasteiger partial charge in [0.25, 0.3) is 0 Å². The molecule has 1 aromatic carbocycles. The monoisotopic (exact) mass is 194 g/mol. The molecule has 0 heterocycles. The molecule has 0 amide bonds. The Labute approximate surface area is 77.3 Å². The van der Waals surface area contributed by atoms with Crippen molar-refractivity contribution >= 4 is 13.9 Å². The molecular formula is C9H9NO2P+. The van der Waals surface area contributed by atoms with Crippen molar-refractivity contribution in [2.75, 3.05) is 6.29 Å². The molecule has 66 valence electrons. The smallest absolute Gasteiger partial charge is 0.211 e. The highest BCUT2D eigenvalue weighted by molar-refractivity contribution is 7.43. The van der Waals surface area contributed by atoms with Crippen LogP contribution in [0.1, 0.15) is 5.56 Å². The van der Waals surface area contributed by atoms with Crippen molar-refractivity contribution in [3.63, 3.8) is 0 Å². The minimum Gasteiger partial charge on any atom is -0.211 e. The maximum absolute atomic E-state index is 11.2. The third kappa shape index (κ3) is 3.75. The summed E-state index contributed by atoms with van der Waals surface area (Å²) in [5, 5.41) is 0. The molecule has 0 radical (unpaired) electrons. The van der Waals surface area contributed by atoms with Gasteiger partial charge >= 0.3 is 7.80 Å². The summed E-state index contributed by atoms with van der Waals surface area (Å²) in [5.41, 5.74) is 1.00. The molecule has 1 unspecified atom stereocenters. The Bertz CT molecular complexity index is 331. The van der Waals surface area contributed by atoms with E-state index in [0.29, 0.717) is 6.16 Å². The molecular weight excluding hydrogens is 185 g/mol. The number of rotatable bonds is 4. The van der Waals surface area contributed by atoms with Crippen molar-refractivity contribution in [1.82, 2.24) is 0 Å². The van der Waals surface area contributed by atoms with E-state index in [1.807, 2.05) is 30.3 Å². The Hall–Kier alpha value is -1.30. The molecule has 0 N–H and O–H groups in total. The molecule has 0 aromatic heterocycles. The first-order valence-electron chi connectivity index (χ1n) is 3.82. The van der Waals surface area contributed by atoms with Crippen LogP contribution in [0, 0.1) is 0 Å². The molecule has 1 atom stereocenters. The van der Waals surface area contributed by atoms with Gasteiger partial charge in [-0.15, -0.1) is 0 Å².